The van der Waals surface area contributed by atoms with Gasteiger partial charge in [-0.3, -0.25) is 0 Å². The van der Waals surface area contributed by atoms with Crippen LogP contribution in [0.5, 0.6) is 0 Å². The normalized spacial score (nSPS) is 11.2. The van der Waals surface area contributed by atoms with Crippen molar-refractivity contribution in [2.45, 2.75) is 13.0 Å². The van der Waals surface area contributed by atoms with E-state index in [2.05, 4.69) is 29.6 Å². The Balaban J connectivity index is 1.49. The van der Waals surface area contributed by atoms with Gasteiger partial charge in [0.25, 0.3) is 0 Å². The van der Waals surface area contributed by atoms with Crippen molar-refractivity contribution in [1.29, 1.82) is 0 Å². The van der Waals surface area contributed by atoms with Crippen LogP contribution in [0.25, 0.3) is 21.7 Å². The van der Waals surface area contributed by atoms with E-state index in [9.17, 15) is 4.79 Å². The van der Waals surface area contributed by atoms with Crippen LogP contribution in [-0.2, 0) is 6.54 Å². The fraction of sp³-hybridized carbons (Fsp3) is 0.269. The van der Waals surface area contributed by atoms with E-state index in [1.807, 2.05) is 66.7 Å². The molecule has 3 aromatic carbocycles. The Hall–Kier alpha value is -3.71. The number of rotatable bonds is 8. The van der Waals surface area contributed by atoms with Crippen LogP contribution in [0.1, 0.15) is 12.2 Å². The molecule has 0 aliphatic carbocycles. The van der Waals surface area contributed by atoms with Crippen LogP contribution in [0.15, 0.2) is 66.7 Å². The first-order chi connectivity index (χ1) is 16.0. The van der Waals surface area contributed by atoms with Gasteiger partial charge >= 0.3 is 6.03 Å². The summed E-state index contributed by atoms with van der Waals surface area (Å²) in [5.74, 6) is 1.40. The number of carbonyl (C=O) groups is 1. The fourth-order valence-electron chi connectivity index (χ4n) is 3.76. The van der Waals surface area contributed by atoms with Crippen molar-refractivity contribution in [3.05, 3.63) is 72.6 Å². The highest BCUT2D eigenvalue weighted by Gasteiger charge is 2.14. The first kappa shape index (κ1) is 22.5. The molecule has 0 atom stereocenters. The van der Waals surface area contributed by atoms with Gasteiger partial charge in [-0.2, -0.15) is 0 Å². The Labute approximate surface area is 194 Å². The van der Waals surface area contributed by atoms with E-state index in [0.29, 0.717) is 12.4 Å². The molecule has 7 heteroatoms. The van der Waals surface area contributed by atoms with Gasteiger partial charge in [0.05, 0.1) is 17.7 Å². The van der Waals surface area contributed by atoms with Crippen molar-refractivity contribution in [2.24, 2.45) is 0 Å². The molecule has 170 valence electrons. The molecule has 0 aliphatic rings. The van der Waals surface area contributed by atoms with E-state index in [1.165, 1.54) is 0 Å². The first-order valence-corrected chi connectivity index (χ1v) is 11.2. The fourth-order valence-corrected chi connectivity index (χ4v) is 3.76. The zero-order chi connectivity index (χ0) is 23.2. The molecule has 1 heterocycles. The number of para-hydroxylation sites is 1. The second kappa shape index (κ2) is 10.3. The molecular formula is C26H30N6O. The van der Waals surface area contributed by atoms with E-state index in [-0.39, 0.29) is 6.03 Å². The molecule has 33 heavy (non-hydrogen) atoms. The van der Waals surface area contributed by atoms with E-state index in [1.54, 1.807) is 11.9 Å². The van der Waals surface area contributed by atoms with Gasteiger partial charge in [0.2, 0.25) is 0 Å². The predicted octanol–water partition coefficient (Wildman–Crippen LogP) is 4.81. The SMILES string of the molecule is CN(C)CCCNc1nc(CN(C)C(=O)Nc2cccc3ccccc23)nc2ccccc12. The van der Waals surface area contributed by atoms with Gasteiger partial charge < -0.3 is 20.4 Å². The summed E-state index contributed by atoms with van der Waals surface area (Å²) in [6.45, 7) is 2.11. The number of nitrogens with zero attached hydrogens (tertiary/aromatic N) is 4. The largest absolute Gasteiger partial charge is 0.369 e. The molecule has 0 unspecified atom stereocenters. The third-order valence-electron chi connectivity index (χ3n) is 5.48. The summed E-state index contributed by atoms with van der Waals surface area (Å²) in [5.41, 5.74) is 1.65. The van der Waals surface area contributed by atoms with Crippen molar-refractivity contribution in [2.75, 3.05) is 44.9 Å². The maximum Gasteiger partial charge on any atom is 0.322 e. The second-order valence-electron chi connectivity index (χ2n) is 8.40. The molecule has 1 aromatic heterocycles. The Bertz CT molecular complexity index is 1250. The standard InChI is InChI=1S/C26H30N6O/c1-31(2)17-9-16-27-25-21-13-6-7-14-23(21)28-24(30-25)18-32(3)26(33)29-22-15-8-11-19-10-4-5-12-20(19)22/h4-8,10-15H,9,16-18H2,1-3H3,(H,29,33)(H,27,28,30). The van der Waals surface area contributed by atoms with Crippen molar-refractivity contribution in [3.8, 4) is 0 Å². The van der Waals surface area contributed by atoms with Gasteiger partial charge in [0.1, 0.15) is 5.82 Å². The number of nitrogens with one attached hydrogen (secondary N) is 2. The Morgan fingerprint density at radius 1 is 0.879 bits per heavy atom. The lowest BCUT2D eigenvalue weighted by Gasteiger charge is -2.19. The maximum absolute atomic E-state index is 12.9. The minimum absolute atomic E-state index is 0.205. The highest BCUT2D eigenvalue weighted by Crippen LogP contribution is 2.24. The Morgan fingerprint density at radius 3 is 2.42 bits per heavy atom. The molecule has 0 saturated carbocycles. The highest BCUT2D eigenvalue weighted by molar-refractivity contribution is 6.01. The lowest BCUT2D eigenvalue weighted by atomic mass is 10.1. The van der Waals surface area contributed by atoms with Crippen LogP contribution in [0.4, 0.5) is 16.3 Å². The van der Waals surface area contributed by atoms with Gasteiger partial charge in [-0.25, -0.2) is 14.8 Å². The number of urea groups is 1. The lowest BCUT2D eigenvalue weighted by Crippen LogP contribution is -2.31. The number of anilines is 2. The monoisotopic (exact) mass is 442 g/mol. The van der Waals surface area contributed by atoms with Gasteiger partial charge in [-0.1, -0.05) is 48.5 Å². The zero-order valence-electron chi connectivity index (χ0n) is 19.4. The van der Waals surface area contributed by atoms with Crippen molar-refractivity contribution in [3.63, 3.8) is 0 Å². The summed E-state index contributed by atoms with van der Waals surface area (Å²) >= 11 is 0. The predicted molar refractivity (Wildman–Crippen MR) is 136 cm³/mol. The minimum atomic E-state index is -0.205. The maximum atomic E-state index is 12.9. The smallest absolute Gasteiger partial charge is 0.322 e. The minimum Gasteiger partial charge on any atom is -0.369 e. The molecule has 0 aliphatic heterocycles. The summed E-state index contributed by atoms with van der Waals surface area (Å²) in [7, 11) is 5.89. The molecule has 4 rings (SSSR count). The average Bonchev–Trinajstić information content (AvgIpc) is 2.81. The molecule has 0 bridgehead atoms. The van der Waals surface area contributed by atoms with E-state index in [0.717, 1.165) is 52.7 Å². The topological polar surface area (TPSA) is 73.4 Å². The average molecular weight is 443 g/mol. The van der Waals surface area contributed by atoms with Crippen molar-refractivity contribution in [1.82, 2.24) is 19.8 Å². The lowest BCUT2D eigenvalue weighted by molar-refractivity contribution is 0.219. The van der Waals surface area contributed by atoms with Crippen molar-refractivity contribution >= 4 is 39.2 Å². The number of hydrogen-bond donors (Lipinski definition) is 2. The van der Waals surface area contributed by atoms with E-state index < -0.39 is 0 Å². The summed E-state index contributed by atoms with van der Waals surface area (Å²) in [5, 5.41) is 9.54. The van der Waals surface area contributed by atoms with Crippen LogP contribution in [0, 0.1) is 0 Å². The van der Waals surface area contributed by atoms with Gasteiger partial charge in [-0.15, -0.1) is 0 Å². The van der Waals surface area contributed by atoms with Crippen LogP contribution < -0.4 is 10.6 Å². The number of fused-ring (bicyclic) bond motifs is 2. The number of benzene rings is 3. The summed E-state index contributed by atoms with van der Waals surface area (Å²) < 4.78 is 0. The highest BCUT2D eigenvalue weighted by atomic mass is 16.2. The summed E-state index contributed by atoms with van der Waals surface area (Å²) in [6, 6.07) is 21.6. The van der Waals surface area contributed by atoms with E-state index in [4.69, 9.17) is 9.97 Å². The van der Waals surface area contributed by atoms with Crippen molar-refractivity contribution < 1.29 is 4.79 Å². The number of hydrogen-bond acceptors (Lipinski definition) is 5. The number of aromatic nitrogens is 2. The van der Waals surface area contributed by atoms with Crippen LogP contribution in [-0.4, -0.2) is 60.0 Å². The zero-order valence-corrected chi connectivity index (χ0v) is 19.4. The first-order valence-electron chi connectivity index (χ1n) is 11.2. The van der Waals surface area contributed by atoms with Crippen LogP contribution >= 0.6 is 0 Å². The van der Waals surface area contributed by atoms with E-state index >= 15 is 0 Å². The molecule has 7 nitrogen and oxygen atoms in total. The number of amides is 2. The quantitative estimate of drug-likeness (QED) is 0.383. The second-order valence-corrected chi connectivity index (χ2v) is 8.40. The number of carbonyl (C=O) groups excluding carboxylic acids is 1. The molecule has 2 amide bonds. The van der Waals surface area contributed by atoms with Crippen LogP contribution in [0.2, 0.25) is 0 Å². The van der Waals surface area contributed by atoms with Crippen LogP contribution in [0.3, 0.4) is 0 Å². The summed E-state index contributed by atoms with van der Waals surface area (Å²) in [4.78, 5) is 26.1. The molecule has 0 spiro atoms. The Morgan fingerprint density at radius 2 is 1.61 bits per heavy atom. The molecule has 0 fully saturated rings. The molecule has 4 aromatic rings. The summed E-state index contributed by atoms with van der Waals surface area (Å²) in [6.07, 6.45) is 1.01. The van der Waals surface area contributed by atoms with Gasteiger partial charge in [0, 0.05) is 24.4 Å². The van der Waals surface area contributed by atoms with Gasteiger partial charge in [-0.05, 0) is 50.6 Å². The Kier molecular flexibility index (Phi) is 7.00. The molecule has 0 saturated heterocycles. The third kappa shape index (κ3) is 5.56. The molecular weight excluding hydrogens is 412 g/mol. The molecule has 2 N–H and O–H groups in total. The third-order valence-corrected chi connectivity index (χ3v) is 5.48. The molecule has 0 radical (unpaired) electrons. The van der Waals surface area contributed by atoms with Gasteiger partial charge in [0.15, 0.2) is 5.82 Å².